The van der Waals surface area contributed by atoms with Gasteiger partial charge in [0, 0.05) is 44.3 Å². The molecule has 0 aliphatic carbocycles. The van der Waals surface area contributed by atoms with Crippen LogP contribution in [0.3, 0.4) is 0 Å². The van der Waals surface area contributed by atoms with Crippen LogP contribution in [0.15, 0.2) is 42.6 Å². The van der Waals surface area contributed by atoms with E-state index in [1.54, 1.807) is 12.1 Å². The van der Waals surface area contributed by atoms with Crippen molar-refractivity contribution >= 4 is 17.7 Å². The molecule has 2 saturated heterocycles. The molecule has 1 amide bonds. The van der Waals surface area contributed by atoms with Crippen LogP contribution in [-0.4, -0.2) is 59.7 Å². The Labute approximate surface area is 176 Å². The van der Waals surface area contributed by atoms with Crippen molar-refractivity contribution in [2.45, 2.75) is 19.9 Å². The Bertz CT molecular complexity index is 930. The Balaban J connectivity index is 1.59. The van der Waals surface area contributed by atoms with Crippen LogP contribution in [-0.2, 0) is 9.53 Å². The van der Waals surface area contributed by atoms with Gasteiger partial charge in [0.05, 0.1) is 11.6 Å². The molecule has 3 heterocycles. The highest BCUT2D eigenvalue weighted by Crippen LogP contribution is 2.46. The minimum Gasteiger partial charge on any atom is -0.478 e. The molecule has 0 unspecified atom stereocenters. The fourth-order valence-corrected chi connectivity index (χ4v) is 4.78. The van der Waals surface area contributed by atoms with Crippen molar-refractivity contribution in [1.29, 1.82) is 0 Å². The van der Waals surface area contributed by atoms with Crippen molar-refractivity contribution < 1.29 is 19.4 Å². The van der Waals surface area contributed by atoms with Crippen LogP contribution in [0, 0.1) is 18.8 Å². The Kier molecular flexibility index (Phi) is 5.72. The third-order valence-corrected chi connectivity index (χ3v) is 6.24. The molecule has 3 atom stereocenters. The Morgan fingerprint density at radius 1 is 1.17 bits per heavy atom. The number of amides is 1. The van der Waals surface area contributed by atoms with Crippen LogP contribution in [0.5, 0.6) is 0 Å². The van der Waals surface area contributed by atoms with E-state index >= 15 is 0 Å². The fraction of sp³-hybridized carbons (Fsp3) is 0.435. The summed E-state index contributed by atoms with van der Waals surface area (Å²) in [5.74, 6) is 0.467. The molecule has 1 aromatic carbocycles. The van der Waals surface area contributed by atoms with Crippen molar-refractivity contribution in [2.24, 2.45) is 11.8 Å². The first-order chi connectivity index (χ1) is 14.5. The van der Waals surface area contributed by atoms with Crippen molar-refractivity contribution in [1.82, 2.24) is 9.88 Å². The summed E-state index contributed by atoms with van der Waals surface area (Å²) in [4.78, 5) is 32.6. The lowest BCUT2D eigenvalue weighted by atomic mass is 9.87. The van der Waals surface area contributed by atoms with E-state index in [0.717, 1.165) is 18.9 Å². The third-order valence-electron chi connectivity index (χ3n) is 6.24. The molecule has 0 spiro atoms. The molecular formula is C23H27N3O4. The lowest BCUT2D eigenvalue weighted by Gasteiger charge is -2.31. The van der Waals surface area contributed by atoms with Gasteiger partial charge in [-0.15, -0.1) is 0 Å². The van der Waals surface area contributed by atoms with Gasteiger partial charge in [0.15, 0.2) is 0 Å². The number of fused-ring (bicyclic) bond motifs is 1. The van der Waals surface area contributed by atoms with Crippen LogP contribution in [0.4, 0.5) is 5.82 Å². The minimum absolute atomic E-state index is 0.00690. The molecule has 2 aliphatic rings. The predicted molar refractivity (Wildman–Crippen MR) is 113 cm³/mol. The number of nitrogens with zero attached hydrogens (tertiary/aromatic N) is 3. The first kappa shape index (κ1) is 20.3. The number of carboxylic acid groups (broad SMARTS) is 1. The number of carbonyl (C=O) groups is 2. The molecule has 158 valence electrons. The van der Waals surface area contributed by atoms with E-state index in [0.29, 0.717) is 19.1 Å². The normalized spacial score (nSPS) is 22.9. The molecule has 2 fully saturated rings. The second kappa shape index (κ2) is 8.44. The van der Waals surface area contributed by atoms with Crippen molar-refractivity contribution in [2.75, 3.05) is 37.7 Å². The lowest BCUT2D eigenvalue weighted by Crippen LogP contribution is -2.38. The number of aryl methyl sites for hydroxylation is 1. The van der Waals surface area contributed by atoms with Gasteiger partial charge in [-0.05, 0) is 37.1 Å². The predicted octanol–water partition coefficient (Wildman–Crippen LogP) is 2.76. The van der Waals surface area contributed by atoms with E-state index in [-0.39, 0.29) is 30.0 Å². The molecule has 1 aromatic heterocycles. The molecule has 0 bridgehead atoms. The molecule has 30 heavy (non-hydrogen) atoms. The number of pyridine rings is 1. The second-order valence-corrected chi connectivity index (χ2v) is 8.02. The number of rotatable bonds is 6. The quantitative estimate of drug-likeness (QED) is 0.790. The molecular weight excluding hydrogens is 382 g/mol. The third kappa shape index (κ3) is 3.77. The highest BCUT2D eigenvalue weighted by molar-refractivity contribution is 5.87. The van der Waals surface area contributed by atoms with Crippen LogP contribution in [0.25, 0.3) is 0 Å². The second-order valence-electron chi connectivity index (χ2n) is 8.02. The van der Waals surface area contributed by atoms with Gasteiger partial charge in [-0.2, -0.15) is 0 Å². The Hall–Kier alpha value is -2.93. The largest absolute Gasteiger partial charge is 0.478 e. The zero-order valence-corrected chi connectivity index (χ0v) is 17.3. The van der Waals surface area contributed by atoms with Gasteiger partial charge >= 0.3 is 5.97 Å². The van der Waals surface area contributed by atoms with Crippen molar-refractivity contribution in [3.05, 3.63) is 59.3 Å². The van der Waals surface area contributed by atoms with Crippen molar-refractivity contribution in [3.63, 3.8) is 0 Å². The maximum absolute atomic E-state index is 12.9. The van der Waals surface area contributed by atoms with Crippen LogP contribution in [0.2, 0.25) is 0 Å². The number of ether oxygens (including phenoxy) is 1. The molecule has 0 saturated carbocycles. The van der Waals surface area contributed by atoms with Gasteiger partial charge in [0.1, 0.15) is 12.4 Å². The van der Waals surface area contributed by atoms with Crippen molar-refractivity contribution in [3.8, 4) is 0 Å². The number of hydrogen-bond donors (Lipinski definition) is 1. The fourth-order valence-electron chi connectivity index (χ4n) is 4.78. The van der Waals surface area contributed by atoms with Gasteiger partial charge in [-0.25, -0.2) is 9.78 Å². The van der Waals surface area contributed by atoms with Crippen LogP contribution < -0.4 is 4.90 Å². The number of aromatic carboxylic acids is 1. The molecule has 0 radical (unpaired) electrons. The average Bonchev–Trinajstić information content (AvgIpc) is 3.31. The van der Waals surface area contributed by atoms with E-state index in [1.165, 1.54) is 17.3 Å². The Morgan fingerprint density at radius 2 is 1.97 bits per heavy atom. The first-order valence-corrected chi connectivity index (χ1v) is 10.4. The summed E-state index contributed by atoms with van der Waals surface area (Å²) < 4.78 is 5.41. The first-order valence-electron chi connectivity index (χ1n) is 10.4. The minimum atomic E-state index is -0.976. The van der Waals surface area contributed by atoms with E-state index in [1.807, 2.05) is 24.0 Å². The number of carboxylic acids is 1. The van der Waals surface area contributed by atoms with E-state index in [4.69, 9.17) is 9.84 Å². The maximum atomic E-state index is 12.9. The molecule has 7 nitrogen and oxygen atoms in total. The molecule has 1 N–H and O–H groups in total. The summed E-state index contributed by atoms with van der Waals surface area (Å²) in [6.07, 6.45) is 1.41. The highest BCUT2D eigenvalue weighted by Gasteiger charge is 2.49. The Morgan fingerprint density at radius 3 is 2.63 bits per heavy atom. The number of carbonyl (C=O) groups excluding carboxylic acids is 1. The summed E-state index contributed by atoms with van der Waals surface area (Å²) in [5.41, 5.74) is 2.55. The average molecular weight is 409 g/mol. The summed E-state index contributed by atoms with van der Waals surface area (Å²) >= 11 is 0. The van der Waals surface area contributed by atoms with Crippen LogP contribution in [0.1, 0.15) is 34.5 Å². The van der Waals surface area contributed by atoms with Gasteiger partial charge in [-0.3, -0.25) is 4.79 Å². The zero-order chi connectivity index (χ0) is 21.3. The van der Waals surface area contributed by atoms with Gasteiger partial charge in [0.25, 0.3) is 0 Å². The molecule has 2 aliphatic heterocycles. The highest BCUT2D eigenvalue weighted by atomic mass is 16.5. The lowest BCUT2D eigenvalue weighted by molar-refractivity contribution is -0.137. The maximum Gasteiger partial charge on any atom is 0.337 e. The van der Waals surface area contributed by atoms with Gasteiger partial charge < -0.3 is 19.6 Å². The number of benzene rings is 1. The van der Waals surface area contributed by atoms with Crippen LogP contribution >= 0.6 is 0 Å². The SMILES string of the molecule is CCOCC(=O)N1C[C@@H]2CN(c3ccc(C(=O)O)cn3)C[C@@H]2[C@H]1c1ccccc1C. The smallest absolute Gasteiger partial charge is 0.337 e. The molecule has 2 aromatic rings. The molecule has 7 heteroatoms. The van der Waals surface area contributed by atoms with Gasteiger partial charge in [-0.1, -0.05) is 24.3 Å². The number of aromatic nitrogens is 1. The van der Waals surface area contributed by atoms with E-state index < -0.39 is 5.97 Å². The monoisotopic (exact) mass is 409 g/mol. The molecule has 4 rings (SSSR count). The summed E-state index contributed by atoms with van der Waals surface area (Å²) in [6, 6.07) is 11.6. The number of anilines is 1. The summed E-state index contributed by atoms with van der Waals surface area (Å²) in [6.45, 7) is 6.89. The summed E-state index contributed by atoms with van der Waals surface area (Å²) in [5, 5.41) is 9.10. The van der Waals surface area contributed by atoms with Gasteiger partial charge in [0.2, 0.25) is 5.91 Å². The van der Waals surface area contributed by atoms with E-state index in [9.17, 15) is 9.59 Å². The van der Waals surface area contributed by atoms with E-state index in [2.05, 4.69) is 28.9 Å². The zero-order valence-electron chi connectivity index (χ0n) is 17.3. The number of likely N-dealkylation sites (tertiary alicyclic amines) is 1. The topological polar surface area (TPSA) is 83.0 Å². The number of hydrogen-bond acceptors (Lipinski definition) is 5. The summed E-state index contributed by atoms with van der Waals surface area (Å²) in [7, 11) is 0. The standard InChI is InChI=1S/C23H27N3O4/c1-3-30-14-21(27)26-12-17-11-25(20-9-8-16(10-24-20)23(28)29)13-19(17)22(26)18-7-5-4-6-15(18)2/h4-10,17,19,22H,3,11-14H2,1-2H3,(H,28,29)/t17-,19-,22+/m0/s1.